The zero-order valence-corrected chi connectivity index (χ0v) is 16.2. The van der Waals surface area contributed by atoms with Crippen molar-refractivity contribution in [2.24, 2.45) is 0 Å². The lowest BCUT2D eigenvalue weighted by Gasteiger charge is -2.10. The van der Waals surface area contributed by atoms with E-state index < -0.39 is 22.4 Å². The third-order valence-corrected chi connectivity index (χ3v) is 5.68. The molecule has 0 saturated carbocycles. The van der Waals surface area contributed by atoms with Gasteiger partial charge in [0.1, 0.15) is 10.3 Å². The number of aryl methyl sites for hydroxylation is 1. The molecule has 0 fully saturated rings. The Balaban J connectivity index is 1.96. The number of nitrogens with one attached hydrogen (secondary N) is 2. The van der Waals surface area contributed by atoms with Crippen LogP contribution in [-0.2, 0) is 14.8 Å². The van der Waals surface area contributed by atoms with Crippen LogP contribution in [-0.4, -0.2) is 46.7 Å². The minimum absolute atomic E-state index is 0.211. The number of carbonyl (C=O) groups excluding carboxylic acids is 1. The SMILES string of the molecule is CC(=O)Nc1nc2ccc(-c3cnc(C)c(NS(=O)(=O)CCO)c3)nc2s1. The van der Waals surface area contributed by atoms with Crippen molar-refractivity contribution in [2.45, 2.75) is 13.8 Å². The number of amides is 1. The Hall–Kier alpha value is -2.63. The molecule has 0 radical (unpaired) electrons. The van der Waals surface area contributed by atoms with Gasteiger partial charge in [-0.15, -0.1) is 0 Å². The average molecular weight is 407 g/mol. The standard InChI is InChI=1S/C16H17N5O4S2/c1-9-14(21-27(24,25)6-5-22)7-11(8-17-9)12-3-4-13-15(19-12)26-16(20-13)18-10(2)23/h3-4,7-8,21-22H,5-6H2,1-2H3,(H,18,20,23). The maximum absolute atomic E-state index is 11.9. The van der Waals surface area contributed by atoms with Crippen molar-refractivity contribution in [1.29, 1.82) is 0 Å². The van der Waals surface area contributed by atoms with E-state index in [0.29, 0.717) is 38.1 Å². The number of aromatic nitrogens is 3. The highest BCUT2D eigenvalue weighted by molar-refractivity contribution is 7.92. The normalized spacial score (nSPS) is 11.5. The molecule has 0 aliphatic carbocycles. The molecule has 0 saturated heterocycles. The molecule has 0 aromatic carbocycles. The van der Waals surface area contributed by atoms with Crippen LogP contribution in [0.2, 0.25) is 0 Å². The molecule has 3 N–H and O–H groups in total. The van der Waals surface area contributed by atoms with Gasteiger partial charge in [-0.1, -0.05) is 11.3 Å². The first-order chi connectivity index (χ1) is 12.8. The fourth-order valence-corrected chi connectivity index (χ4v) is 4.07. The molecule has 3 heterocycles. The molecule has 0 atom stereocenters. The lowest BCUT2D eigenvalue weighted by atomic mass is 10.1. The summed E-state index contributed by atoms with van der Waals surface area (Å²) >= 11 is 1.24. The van der Waals surface area contributed by atoms with Crippen molar-refractivity contribution in [3.63, 3.8) is 0 Å². The molecular formula is C16H17N5O4S2. The molecule has 3 rings (SSSR count). The van der Waals surface area contributed by atoms with Crippen LogP contribution >= 0.6 is 11.3 Å². The molecule has 1 amide bonds. The number of carbonyl (C=O) groups is 1. The summed E-state index contributed by atoms with van der Waals surface area (Å²) < 4.78 is 26.2. The Labute approximate surface area is 159 Å². The van der Waals surface area contributed by atoms with Crippen LogP contribution in [0, 0.1) is 6.92 Å². The van der Waals surface area contributed by atoms with Gasteiger partial charge in [-0.3, -0.25) is 14.5 Å². The first-order valence-electron chi connectivity index (χ1n) is 7.91. The summed E-state index contributed by atoms with van der Waals surface area (Å²) in [6.45, 7) is 2.62. The quantitative estimate of drug-likeness (QED) is 0.567. The first-order valence-corrected chi connectivity index (χ1v) is 10.4. The molecule has 142 valence electrons. The number of thiazole rings is 1. The molecule has 11 heteroatoms. The summed E-state index contributed by atoms with van der Waals surface area (Å²) in [6.07, 6.45) is 1.60. The second kappa shape index (κ2) is 7.55. The number of anilines is 2. The summed E-state index contributed by atoms with van der Waals surface area (Å²) in [5, 5.41) is 11.9. The number of pyridine rings is 2. The third-order valence-electron chi connectivity index (χ3n) is 3.55. The molecule has 0 aliphatic rings. The lowest BCUT2D eigenvalue weighted by Crippen LogP contribution is -2.19. The van der Waals surface area contributed by atoms with Crippen LogP contribution in [0.4, 0.5) is 10.8 Å². The second-order valence-electron chi connectivity index (χ2n) is 5.72. The number of aliphatic hydroxyl groups is 1. The molecule has 9 nitrogen and oxygen atoms in total. The van der Waals surface area contributed by atoms with E-state index in [1.54, 1.807) is 31.3 Å². The maximum atomic E-state index is 11.9. The van der Waals surface area contributed by atoms with E-state index in [9.17, 15) is 13.2 Å². The summed E-state index contributed by atoms with van der Waals surface area (Å²) in [6, 6.07) is 5.16. The van der Waals surface area contributed by atoms with E-state index >= 15 is 0 Å². The molecule has 27 heavy (non-hydrogen) atoms. The highest BCUT2D eigenvalue weighted by Crippen LogP contribution is 2.29. The van der Waals surface area contributed by atoms with E-state index in [1.807, 2.05) is 0 Å². The Morgan fingerprint density at radius 1 is 1.30 bits per heavy atom. The van der Waals surface area contributed by atoms with Gasteiger partial charge in [0.15, 0.2) is 5.13 Å². The minimum atomic E-state index is -3.66. The van der Waals surface area contributed by atoms with Gasteiger partial charge in [0.05, 0.1) is 29.4 Å². The monoisotopic (exact) mass is 407 g/mol. The third kappa shape index (κ3) is 4.56. The van der Waals surface area contributed by atoms with E-state index in [2.05, 4.69) is 25.0 Å². The molecule has 0 bridgehead atoms. The molecule has 3 aromatic heterocycles. The molecular weight excluding hydrogens is 390 g/mol. The summed E-state index contributed by atoms with van der Waals surface area (Å²) in [5.74, 6) is -0.606. The van der Waals surface area contributed by atoms with Crippen LogP contribution in [0.25, 0.3) is 21.6 Å². The molecule has 0 unspecified atom stereocenters. The van der Waals surface area contributed by atoms with Crippen LogP contribution in [0.15, 0.2) is 24.4 Å². The van der Waals surface area contributed by atoms with Crippen molar-refractivity contribution >= 4 is 48.4 Å². The zero-order valence-electron chi connectivity index (χ0n) is 14.6. The topological polar surface area (TPSA) is 134 Å². The number of sulfonamides is 1. The molecule has 0 aliphatic heterocycles. The Morgan fingerprint density at radius 2 is 2.07 bits per heavy atom. The van der Waals surface area contributed by atoms with Gasteiger partial charge in [0.25, 0.3) is 0 Å². The van der Waals surface area contributed by atoms with Crippen LogP contribution in [0.1, 0.15) is 12.6 Å². The number of nitrogens with zero attached hydrogens (tertiary/aromatic N) is 3. The summed E-state index contributed by atoms with van der Waals surface area (Å²) in [5.41, 5.74) is 2.70. The van der Waals surface area contributed by atoms with Gasteiger partial charge in [-0.25, -0.2) is 18.4 Å². The van der Waals surface area contributed by atoms with E-state index in [0.717, 1.165) is 0 Å². The van der Waals surface area contributed by atoms with Gasteiger partial charge in [-0.2, -0.15) is 0 Å². The minimum Gasteiger partial charge on any atom is -0.395 e. The van der Waals surface area contributed by atoms with Gasteiger partial charge >= 0.3 is 0 Å². The number of fused-ring (bicyclic) bond motifs is 1. The van der Waals surface area contributed by atoms with E-state index in [4.69, 9.17) is 5.11 Å². The first kappa shape index (κ1) is 19.1. The number of hydrogen-bond donors (Lipinski definition) is 3. The second-order valence-corrected chi connectivity index (χ2v) is 8.54. The van der Waals surface area contributed by atoms with Gasteiger partial charge < -0.3 is 10.4 Å². The maximum Gasteiger partial charge on any atom is 0.235 e. The van der Waals surface area contributed by atoms with Crippen molar-refractivity contribution in [2.75, 3.05) is 22.4 Å². The highest BCUT2D eigenvalue weighted by Gasteiger charge is 2.14. The van der Waals surface area contributed by atoms with Crippen molar-refractivity contribution < 1.29 is 18.3 Å². The molecule has 3 aromatic rings. The van der Waals surface area contributed by atoms with Crippen molar-refractivity contribution in [3.05, 3.63) is 30.1 Å². The Morgan fingerprint density at radius 3 is 2.78 bits per heavy atom. The van der Waals surface area contributed by atoms with Crippen LogP contribution in [0.5, 0.6) is 0 Å². The number of rotatable bonds is 6. The predicted octanol–water partition coefficient (Wildman–Crippen LogP) is 1.75. The van der Waals surface area contributed by atoms with Crippen molar-refractivity contribution in [1.82, 2.24) is 15.0 Å². The Bertz CT molecular complexity index is 1110. The van der Waals surface area contributed by atoms with Gasteiger partial charge in [0.2, 0.25) is 15.9 Å². The highest BCUT2D eigenvalue weighted by atomic mass is 32.2. The average Bonchev–Trinajstić information content (AvgIpc) is 2.97. The number of aliphatic hydroxyl groups excluding tert-OH is 1. The fourth-order valence-electron chi connectivity index (χ4n) is 2.30. The van der Waals surface area contributed by atoms with Crippen LogP contribution in [0.3, 0.4) is 0 Å². The fraction of sp³-hybridized carbons (Fsp3) is 0.250. The van der Waals surface area contributed by atoms with Crippen LogP contribution < -0.4 is 10.0 Å². The summed E-state index contributed by atoms with van der Waals surface area (Å²) in [7, 11) is -3.66. The zero-order chi connectivity index (χ0) is 19.6. The van der Waals surface area contributed by atoms with E-state index in [1.165, 1.54) is 18.3 Å². The Kier molecular flexibility index (Phi) is 5.35. The number of hydrogen-bond acceptors (Lipinski definition) is 8. The van der Waals surface area contributed by atoms with Crippen molar-refractivity contribution in [3.8, 4) is 11.3 Å². The predicted molar refractivity (Wildman–Crippen MR) is 104 cm³/mol. The van der Waals surface area contributed by atoms with E-state index in [-0.39, 0.29) is 5.91 Å². The smallest absolute Gasteiger partial charge is 0.235 e. The molecule has 0 spiro atoms. The lowest BCUT2D eigenvalue weighted by molar-refractivity contribution is -0.114. The largest absolute Gasteiger partial charge is 0.395 e. The summed E-state index contributed by atoms with van der Waals surface area (Å²) in [4.78, 5) is 24.8. The van der Waals surface area contributed by atoms with Gasteiger partial charge in [0, 0.05) is 18.7 Å². The van der Waals surface area contributed by atoms with Gasteiger partial charge in [-0.05, 0) is 25.1 Å².